The number of rotatable bonds is 10. The van der Waals surface area contributed by atoms with Gasteiger partial charge in [0.2, 0.25) is 0 Å². The van der Waals surface area contributed by atoms with E-state index in [1.807, 2.05) is 24.3 Å². The average molecular weight is 649 g/mol. The molecule has 4 aliphatic rings. The second kappa shape index (κ2) is 11.9. The van der Waals surface area contributed by atoms with Gasteiger partial charge in [0.25, 0.3) is 0 Å². The maximum atomic E-state index is 11.7. The van der Waals surface area contributed by atoms with Crippen LogP contribution in [0.25, 0.3) is 0 Å². The van der Waals surface area contributed by atoms with Crippen LogP contribution in [0.5, 0.6) is 23.0 Å². The fraction of sp³-hybridized carbons (Fsp3) is 0.263. The third-order valence-electron chi connectivity index (χ3n) is 10.5. The molecule has 0 aliphatic heterocycles. The van der Waals surface area contributed by atoms with Crippen LogP contribution in [0.4, 0.5) is 0 Å². The summed E-state index contributed by atoms with van der Waals surface area (Å²) in [6.45, 7) is 0. The van der Waals surface area contributed by atoms with Gasteiger partial charge in [0.05, 0.1) is 22.3 Å². The molecule has 4 aliphatic carbocycles. The molecule has 4 N–H and O–H groups in total. The van der Waals surface area contributed by atoms with Gasteiger partial charge in [-0.2, -0.15) is 0 Å². The van der Waals surface area contributed by atoms with Gasteiger partial charge in [-0.1, -0.05) is 24.3 Å². The third-order valence-corrected chi connectivity index (χ3v) is 10.5. The number of hydrogen-bond donors (Lipinski definition) is 4. The van der Waals surface area contributed by atoms with E-state index in [9.17, 15) is 39.6 Å². The first kappa shape index (κ1) is 31.0. The smallest absolute Gasteiger partial charge is 0.336 e. The molecular formula is C38H32O10. The van der Waals surface area contributed by atoms with Gasteiger partial charge in [0.1, 0.15) is 23.0 Å². The molecular weight excluding hydrogens is 616 g/mol. The fourth-order valence-electron chi connectivity index (χ4n) is 8.81. The second-order valence-electron chi connectivity index (χ2n) is 13.1. The van der Waals surface area contributed by atoms with Gasteiger partial charge < -0.3 is 29.9 Å². The van der Waals surface area contributed by atoms with E-state index in [0.717, 1.165) is 37.5 Å². The summed E-state index contributed by atoms with van der Waals surface area (Å²) in [4.78, 5) is 46.2. The molecule has 10 nitrogen and oxygen atoms in total. The van der Waals surface area contributed by atoms with Crippen LogP contribution >= 0.6 is 0 Å². The molecule has 0 unspecified atom stereocenters. The Balaban J connectivity index is 1.20. The largest absolute Gasteiger partial charge is 0.478 e. The zero-order valence-corrected chi connectivity index (χ0v) is 25.7. The lowest BCUT2D eigenvalue weighted by atomic mass is 9.42. The summed E-state index contributed by atoms with van der Waals surface area (Å²) in [5.41, 5.74) is 0.759. The predicted molar refractivity (Wildman–Crippen MR) is 172 cm³/mol. The zero-order valence-electron chi connectivity index (χ0n) is 25.7. The van der Waals surface area contributed by atoms with Crippen molar-refractivity contribution in [2.45, 2.75) is 37.5 Å². The maximum absolute atomic E-state index is 11.7. The topological polar surface area (TPSA) is 168 Å². The van der Waals surface area contributed by atoms with Gasteiger partial charge in [-0.25, -0.2) is 19.2 Å². The minimum Gasteiger partial charge on any atom is -0.478 e. The van der Waals surface area contributed by atoms with Crippen molar-refractivity contribution in [2.75, 3.05) is 0 Å². The molecule has 0 aromatic heterocycles. The van der Waals surface area contributed by atoms with E-state index in [0.29, 0.717) is 23.3 Å². The summed E-state index contributed by atoms with van der Waals surface area (Å²) in [5.74, 6) is -1.60. The van der Waals surface area contributed by atoms with Crippen molar-refractivity contribution in [1.29, 1.82) is 0 Å². The lowest BCUT2D eigenvalue weighted by Gasteiger charge is -2.62. The number of benzene rings is 4. The summed E-state index contributed by atoms with van der Waals surface area (Å²) in [5, 5.41) is 37.7. The van der Waals surface area contributed by atoms with Crippen LogP contribution in [-0.2, 0) is 5.41 Å². The number of carbonyl (C=O) groups is 4. The van der Waals surface area contributed by atoms with Crippen molar-refractivity contribution >= 4 is 23.9 Å². The Bertz CT molecular complexity index is 1790. The molecule has 244 valence electrons. The van der Waals surface area contributed by atoms with Crippen molar-refractivity contribution in [3.05, 3.63) is 118 Å². The Morgan fingerprint density at radius 1 is 0.458 bits per heavy atom. The monoisotopic (exact) mass is 648 g/mol. The Labute approximate surface area is 275 Å². The fourth-order valence-corrected chi connectivity index (χ4v) is 8.81. The molecule has 0 spiro atoms. The van der Waals surface area contributed by atoms with Crippen LogP contribution in [0, 0.1) is 23.7 Å². The summed E-state index contributed by atoms with van der Waals surface area (Å²) in [6.07, 6.45) is 5.87. The molecule has 4 saturated carbocycles. The molecule has 48 heavy (non-hydrogen) atoms. The van der Waals surface area contributed by atoms with Gasteiger partial charge in [-0.3, -0.25) is 0 Å². The molecule has 0 heterocycles. The summed E-state index contributed by atoms with van der Waals surface area (Å²) in [6, 6.07) is 23.5. The lowest BCUT2D eigenvalue weighted by Crippen LogP contribution is -2.56. The third kappa shape index (κ3) is 5.33. The minimum atomic E-state index is -1.35. The first-order valence-corrected chi connectivity index (χ1v) is 15.8. The Hall–Kier alpha value is -5.64. The van der Waals surface area contributed by atoms with E-state index in [1.54, 1.807) is 0 Å². The van der Waals surface area contributed by atoms with E-state index in [1.165, 1.54) is 53.9 Å². The van der Waals surface area contributed by atoms with Crippen LogP contribution in [0.1, 0.15) is 84.7 Å². The lowest BCUT2D eigenvalue weighted by molar-refractivity contribution is -0.0418. The quantitative estimate of drug-likeness (QED) is 0.133. The standard InChI is InChI=1S/C38H32O10/c39-34(40)30-11-9-28(18-32(30)36(43)44)47-26-5-1-22(2-6-26)38(24-14-20-13-21(16-24)17-25(38)15-20)23-3-7-27(8-4-23)48-29-10-12-31(35(41)42)33(19-29)37(45)46/h1-12,18-21,24-25H,13-17H2,(H,39,40)(H,41,42)(H,43,44)(H,45,46). The molecule has 4 aromatic rings. The molecule has 4 bridgehead atoms. The SMILES string of the molecule is O=C(O)c1ccc(Oc2ccc(C3(c4ccc(Oc5ccc(C(=O)O)c(C(=O)O)c5)cc4)C4CC5CC(C4)CC3C5)cc2)cc1C(=O)O. The summed E-state index contributed by atoms with van der Waals surface area (Å²) in [7, 11) is 0. The van der Waals surface area contributed by atoms with E-state index < -0.39 is 23.9 Å². The van der Waals surface area contributed by atoms with Gasteiger partial charge >= 0.3 is 23.9 Å². The van der Waals surface area contributed by atoms with E-state index >= 15 is 0 Å². The van der Waals surface area contributed by atoms with Crippen molar-refractivity contribution < 1.29 is 49.1 Å². The first-order valence-electron chi connectivity index (χ1n) is 15.8. The van der Waals surface area contributed by atoms with Crippen molar-refractivity contribution in [3.8, 4) is 23.0 Å². The Morgan fingerprint density at radius 3 is 1.12 bits per heavy atom. The number of hydrogen-bond acceptors (Lipinski definition) is 6. The highest BCUT2D eigenvalue weighted by Crippen LogP contribution is 2.65. The van der Waals surface area contributed by atoms with Crippen LogP contribution in [0.3, 0.4) is 0 Å². The number of carboxylic acids is 4. The highest BCUT2D eigenvalue weighted by atomic mass is 16.5. The summed E-state index contributed by atoms with van der Waals surface area (Å²) >= 11 is 0. The summed E-state index contributed by atoms with van der Waals surface area (Å²) < 4.78 is 12.0. The molecule has 0 atom stereocenters. The van der Waals surface area contributed by atoms with E-state index in [2.05, 4.69) is 24.3 Å². The van der Waals surface area contributed by atoms with Gasteiger partial charge in [0.15, 0.2) is 0 Å². The Kier molecular flexibility index (Phi) is 7.66. The maximum Gasteiger partial charge on any atom is 0.336 e. The molecule has 4 aromatic carbocycles. The number of ether oxygens (including phenoxy) is 2. The number of carboxylic acid groups (broad SMARTS) is 4. The highest BCUT2D eigenvalue weighted by molar-refractivity contribution is 6.02. The highest BCUT2D eigenvalue weighted by Gasteiger charge is 2.58. The second-order valence-corrected chi connectivity index (χ2v) is 13.1. The van der Waals surface area contributed by atoms with E-state index in [4.69, 9.17) is 9.47 Å². The normalized spacial score (nSPS) is 21.8. The average Bonchev–Trinajstić information content (AvgIpc) is 3.05. The zero-order chi connectivity index (χ0) is 33.7. The van der Waals surface area contributed by atoms with Crippen molar-refractivity contribution in [1.82, 2.24) is 0 Å². The molecule has 8 rings (SSSR count). The minimum absolute atomic E-state index is 0.221. The van der Waals surface area contributed by atoms with Gasteiger partial charge in [-0.15, -0.1) is 0 Å². The van der Waals surface area contributed by atoms with Crippen LogP contribution < -0.4 is 9.47 Å². The number of aromatic carboxylic acids is 4. The molecule has 0 amide bonds. The van der Waals surface area contributed by atoms with E-state index in [-0.39, 0.29) is 39.2 Å². The van der Waals surface area contributed by atoms with Gasteiger partial charge in [0, 0.05) is 5.41 Å². The molecule has 0 saturated heterocycles. The molecule has 0 radical (unpaired) electrons. The van der Waals surface area contributed by atoms with Crippen LogP contribution in [0.2, 0.25) is 0 Å². The van der Waals surface area contributed by atoms with Crippen LogP contribution in [0.15, 0.2) is 84.9 Å². The van der Waals surface area contributed by atoms with Crippen molar-refractivity contribution in [3.63, 3.8) is 0 Å². The van der Waals surface area contributed by atoms with Crippen molar-refractivity contribution in [2.24, 2.45) is 23.7 Å². The van der Waals surface area contributed by atoms with Gasteiger partial charge in [-0.05, 0) is 128 Å². The first-order chi connectivity index (χ1) is 23.0. The Morgan fingerprint density at radius 2 is 0.792 bits per heavy atom. The predicted octanol–water partition coefficient (Wildman–Crippen LogP) is 7.81. The molecule has 4 fully saturated rings. The molecule has 10 heteroatoms. The van der Waals surface area contributed by atoms with Crippen LogP contribution in [-0.4, -0.2) is 44.3 Å².